The molecule has 2 aliphatic rings. The second-order valence-electron chi connectivity index (χ2n) is 5.77. The summed E-state index contributed by atoms with van der Waals surface area (Å²) in [5.74, 6) is -0.841. The largest absolute Gasteiger partial charge is 0.511 e. The van der Waals surface area contributed by atoms with Gasteiger partial charge >= 0.3 is 15.5 Å². The summed E-state index contributed by atoms with van der Waals surface area (Å²) in [6, 6.07) is 2.58. The first-order chi connectivity index (χ1) is 11.1. The number of sulfonamides is 1. The van der Waals surface area contributed by atoms with Gasteiger partial charge in [-0.05, 0) is 12.1 Å². The van der Waals surface area contributed by atoms with Crippen molar-refractivity contribution in [3.8, 4) is 5.88 Å². The molecular weight excluding hydrogens is 356 g/mol. The zero-order chi connectivity index (χ0) is 17.6. The van der Waals surface area contributed by atoms with Gasteiger partial charge in [0.15, 0.2) is 5.82 Å². The number of halogens is 4. The molecule has 0 bridgehead atoms. The fourth-order valence-electron chi connectivity index (χ4n) is 2.83. The highest BCUT2D eigenvalue weighted by molar-refractivity contribution is 7.90. The van der Waals surface area contributed by atoms with Crippen molar-refractivity contribution in [1.82, 2.24) is 9.29 Å². The lowest BCUT2D eigenvalue weighted by molar-refractivity contribution is -0.168. The van der Waals surface area contributed by atoms with Gasteiger partial charge in [0.2, 0.25) is 0 Å². The number of nitrogens with zero attached hydrogens (tertiary/aromatic N) is 2. The van der Waals surface area contributed by atoms with Crippen LogP contribution in [0.1, 0.15) is 12.8 Å². The summed E-state index contributed by atoms with van der Waals surface area (Å²) in [6.45, 7) is -0.627. The van der Waals surface area contributed by atoms with Crippen LogP contribution in [0.3, 0.4) is 0 Å². The average molecular weight is 370 g/mol. The van der Waals surface area contributed by atoms with E-state index in [0.717, 1.165) is 0 Å². The van der Waals surface area contributed by atoms with Crippen LogP contribution >= 0.6 is 0 Å². The van der Waals surface area contributed by atoms with Crippen molar-refractivity contribution in [3.05, 3.63) is 24.1 Å². The smallest absolute Gasteiger partial charge is 0.472 e. The molecule has 3 heterocycles. The molecule has 0 radical (unpaired) electrons. The van der Waals surface area contributed by atoms with E-state index in [2.05, 4.69) is 4.98 Å². The first-order valence-electron chi connectivity index (χ1n) is 7.11. The Labute approximate surface area is 135 Å². The van der Waals surface area contributed by atoms with E-state index >= 15 is 0 Å². The maximum atomic E-state index is 13.6. The molecule has 2 aliphatic heterocycles. The van der Waals surface area contributed by atoms with Gasteiger partial charge in [0.05, 0.1) is 12.2 Å². The highest BCUT2D eigenvalue weighted by Crippen LogP contribution is 2.40. The van der Waals surface area contributed by atoms with E-state index in [4.69, 9.17) is 9.47 Å². The van der Waals surface area contributed by atoms with E-state index in [9.17, 15) is 26.0 Å². The molecule has 0 unspecified atom stereocenters. The van der Waals surface area contributed by atoms with Crippen molar-refractivity contribution in [2.45, 2.75) is 30.1 Å². The van der Waals surface area contributed by atoms with Crippen molar-refractivity contribution < 1.29 is 35.5 Å². The topological polar surface area (TPSA) is 68.7 Å². The zero-order valence-corrected chi connectivity index (χ0v) is 13.1. The summed E-state index contributed by atoms with van der Waals surface area (Å²) < 4.78 is 85.0. The van der Waals surface area contributed by atoms with Gasteiger partial charge in [0.1, 0.15) is 6.10 Å². The Morgan fingerprint density at radius 2 is 2.08 bits per heavy atom. The van der Waals surface area contributed by atoms with E-state index in [0.29, 0.717) is 10.7 Å². The van der Waals surface area contributed by atoms with Crippen molar-refractivity contribution >= 4 is 10.0 Å². The third kappa shape index (κ3) is 3.07. The predicted molar refractivity (Wildman–Crippen MR) is 73.1 cm³/mol. The highest BCUT2D eigenvalue weighted by Gasteiger charge is 2.59. The molecule has 1 aromatic rings. The summed E-state index contributed by atoms with van der Waals surface area (Å²) >= 11 is 0. The maximum absolute atomic E-state index is 13.6. The fourth-order valence-corrected chi connectivity index (χ4v) is 3.94. The van der Waals surface area contributed by atoms with Crippen LogP contribution in [0.25, 0.3) is 0 Å². The molecule has 0 amide bonds. The monoisotopic (exact) mass is 370 g/mol. The lowest BCUT2D eigenvalue weighted by atomic mass is 9.86. The van der Waals surface area contributed by atoms with E-state index in [-0.39, 0.29) is 18.9 Å². The molecule has 6 nitrogen and oxygen atoms in total. The Morgan fingerprint density at radius 3 is 2.71 bits per heavy atom. The Kier molecular flexibility index (Phi) is 4.21. The number of pyridine rings is 1. The summed E-state index contributed by atoms with van der Waals surface area (Å²) in [5, 5.41) is 0. The van der Waals surface area contributed by atoms with E-state index in [1.54, 1.807) is 0 Å². The average Bonchev–Trinajstić information content (AvgIpc) is 2.46. The third-order valence-electron chi connectivity index (χ3n) is 4.01. The van der Waals surface area contributed by atoms with Crippen molar-refractivity contribution in [1.29, 1.82) is 0 Å². The van der Waals surface area contributed by atoms with Crippen LogP contribution in [-0.4, -0.2) is 54.6 Å². The normalized spacial score (nSPS) is 24.6. The number of hydrogen-bond donors (Lipinski definition) is 0. The molecule has 1 atom stereocenters. The highest BCUT2D eigenvalue weighted by atomic mass is 32.2. The first-order valence-corrected chi connectivity index (χ1v) is 8.55. The summed E-state index contributed by atoms with van der Waals surface area (Å²) in [4.78, 5) is 3.76. The van der Waals surface area contributed by atoms with Crippen LogP contribution in [0.15, 0.2) is 18.3 Å². The molecule has 2 saturated heterocycles. The number of ether oxygens (including phenoxy) is 2. The molecule has 11 heteroatoms. The minimum Gasteiger partial charge on any atom is -0.472 e. The van der Waals surface area contributed by atoms with Crippen LogP contribution in [0.5, 0.6) is 5.88 Å². The van der Waals surface area contributed by atoms with Crippen LogP contribution in [0, 0.1) is 5.82 Å². The van der Waals surface area contributed by atoms with Crippen LogP contribution < -0.4 is 4.74 Å². The predicted octanol–water partition coefficient (Wildman–Crippen LogP) is 1.68. The number of aromatic nitrogens is 1. The second-order valence-corrected chi connectivity index (χ2v) is 7.70. The van der Waals surface area contributed by atoms with E-state index in [1.165, 1.54) is 18.3 Å². The molecule has 1 aromatic heterocycles. The summed E-state index contributed by atoms with van der Waals surface area (Å²) in [5.41, 5.74) is -6.37. The van der Waals surface area contributed by atoms with Gasteiger partial charge in [-0.1, -0.05) is 0 Å². The van der Waals surface area contributed by atoms with E-state index < -0.39 is 46.1 Å². The van der Waals surface area contributed by atoms with Gasteiger partial charge in [-0.2, -0.15) is 17.5 Å². The summed E-state index contributed by atoms with van der Waals surface area (Å²) in [7, 11) is -5.36. The third-order valence-corrected chi connectivity index (χ3v) is 5.54. The Bertz CT molecular complexity index is 719. The van der Waals surface area contributed by atoms with Gasteiger partial charge in [0.25, 0.3) is 5.88 Å². The molecule has 24 heavy (non-hydrogen) atoms. The lowest BCUT2D eigenvalue weighted by Crippen LogP contribution is -2.68. The van der Waals surface area contributed by atoms with Gasteiger partial charge in [-0.3, -0.25) is 0 Å². The Morgan fingerprint density at radius 1 is 1.38 bits per heavy atom. The Hall–Kier alpha value is -1.46. The van der Waals surface area contributed by atoms with Crippen molar-refractivity contribution in [2.75, 3.05) is 19.7 Å². The van der Waals surface area contributed by atoms with Gasteiger partial charge in [-0.25, -0.2) is 17.8 Å². The molecular formula is C13H14F4N2O4S. The van der Waals surface area contributed by atoms with Crippen LogP contribution in [0.4, 0.5) is 17.6 Å². The molecule has 3 rings (SSSR count). The number of alkyl halides is 3. The van der Waals surface area contributed by atoms with E-state index in [1.807, 2.05) is 0 Å². The van der Waals surface area contributed by atoms with Crippen molar-refractivity contribution in [2.24, 2.45) is 0 Å². The number of hydrogen-bond acceptors (Lipinski definition) is 5. The number of rotatable bonds is 3. The lowest BCUT2D eigenvalue weighted by Gasteiger charge is -2.51. The van der Waals surface area contributed by atoms with Crippen LogP contribution in [-0.2, 0) is 14.8 Å². The molecule has 0 saturated carbocycles. The first kappa shape index (κ1) is 17.4. The standard InChI is InChI=1S/C13H14F4N2O4S/c14-10-2-1-4-18-11(10)23-9-3-5-22-12(6-9)7-19(8-12)24(20,21)13(15,16)17/h1-2,4,9H,3,5-8H2/t9-/m1/s1. The van der Waals surface area contributed by atoms with Gasteiger partial charge < -0.3 is 9.47 Å². The fraction of sp³-hybridized carbons (Fsp3) is 0.615. The van der Waals surface area contributed by atoms with Crippen molar-refractivity contribution in [3.63, 3.8) is 0 Å². The molecule has 0 aliphatic carbocycles. The molecule has 2 fully saturated rings. The Balaban J connectivity index is 1.65. The zero-order valence-electron chi connectivity index (χ0n) is 12.3. The second kappa shape index (κ2) is 5.81. The van der Waals surface area contributed by atoms with Gasteiger partial charge in [-0.15, -0.1) is 0 Å². The maximum Gasteiger partial charge on any atom is 0.511 e. The quantitative estimate of drug-likeness (QED) is 0.758. The van der Waals surface area contributed by atoms with Crippen LogP contribution in [0.2, 0.25) is 0 Å². The molecule has 1 spiro atoms. The summed E-state index contributed by atoms with van der Waals surface area (Å²) in [6.07, 6.45) is 1.41. The molecule has 134 valence electrons. The minimum atomic E-state index is -5.36. The minimum absolute atomic E-state index is 0.160. The SMILES string of the molecule is O=S(=O)(N1CC2(C[C@H](Oc3ncccc3F)CCO2)C1)C(F)(F)F. The molecule has 0 aromatic carbocycles. The molecule has 0 N–H and O–H groups in total. The van der Waals surface area contributed by atoms with Gasteiger partial charge in [0, 0.05) is 32.1 Å².